The lowest BCUT2D eigenvalue weighted by atomic mass is 10.1. The number of anilines is 1. The normalized spacial score (nSPS) is 22.3. The van der Waals surface area contributed by atoms with Crippen molar-refractivity contribution in [3.8, 4) is 0 Å². The predicted octanol–water partition coefficient (Wildman–Crippen LogP) is 1.10. The number of benzene rings is 1. The largest absolute Gasteiger partial charge is 0.376 e. The third kappa shape index (κ3) is 4.30. The SMILES string of the molecule is CCC[C@H](c1nnnn1C[C@H]1CCCO1)[NH+]1CCN(c2ccccc2)CC1. The third-order valence-electron chi connectivity index (χ3n) is 5.87. The van der Waals surface area contributed by atoms with Crippen molar-refractivity contribution < 1.29 is 9.64 Å². The van der Waals surface area contributed by atoms with Gasteiger partial charge in [-0.05, 0) is 35.4 Å². The summed E-state index contributed by atoms with van der Waals surface area (Å²) in [7, 11) is 0. The Morgan fingerprint density at radius 1 is 1.22 bits per heavy atom. The number of hydrogen-bond donors (Lipinski definition) is 1. The highest BCUT2D eigenvalue weighted by Gasteiger charge is 2.33. The van der Waals surface area contributed by atoms with Gasteiger partial charge < -0.3 is 14.5 Å². The summed E-state index contributed by atoms with van der Waals surface area (Å²) in [5.74, 6) is 1.04. The molecule has 2 fully saturated rings. The predicted molar refractivity (Wildman–Crippen MR) is 104 cm³/mol. The minimum Gasteiger partial charge on any atom is -0.376 e. The summed E-state index contributed by atoms with van der Waals surface area (Å²) in [5.41, 5.74) is 1.33. The van der Waals surface area contributed by atoms with Crippen LogP contribution in [0.1, 0.15) is 44.5 Å². The molecule has 0 bridgehead atoms. The molecule has 2 atom stereocenters. The highest BCUT2D eigenvalue weighted by Crippen LogP contribution is 2.18. The smallest absolute Gasteiger partial charge is 0.209 e. The summed E-state index contributed by atoms with van der Waals surface area (Å²) < 4.78 is 7.81. The zero-order chi connectivity index (χ0) is 18.5. The number of hydrogen-bond acceptors (Lipinski definition) is 5. The Hall–Kier alpha value is -1.99. The first-order valence-electron chi connectivity index (χ1n) is 10.4. The number of nitrogens with one attached hydrogen (secondary N) is 1. The van der Waals surface area contributed by atoms with Crippen LogP contribution >= 0.6 is 0 Å². The van der Waals surface area contributed by atoms with Crippen molar-refractivity contribution in [3.63, 3.8) is 0 Å². The zero-order valence-electron chi connectivity index (χ0n) is 16.3. The molecule has 0 saturated carbocycles. The number of aromatic nitrogens is 4. The standard InChI is InChI=1S/C20H30N6O/c1-2-7-19(20-21-22-23-26(20)16-18-10-6-15-27-18)25-13-11-24(12-14-25)17-8-4-3-5-9-17/h3-5,8-9,18-19H,2,6-7,10-16H2,1H3/p+1/t18-,19-/m1/s1. The molecule has 2 aliphatic heterocycles. The molecule has 3 heterocycles. The number of piperazine rings is 1. The van der Waals surface area contributed by atoms with Crippen LogP contribution in [-0.2, 0) is 11.3 Å². The van der Waals surface area contributed by atoms with Crippen LogP contribution in [0.5, 0.6) is 0 Å². The van der Waals surface area contributed by atoms with E-state index >= 15 is 0 Å². The van der Waals surface area contributed by atoms with Gasteiger partial charge in [0.25, 0.3) is 0 Å². The maximum atomic E-state index is 5.80. The van der Waals surface area contributed by atoms with Crippen LogP contribution in [0, 0.1) is 0 Å². The molecule has 4 rings (SSSR count). The lowest BCUT2D eigenvalue weighted by molar-refractivity contribution is -0.933. The Bertz CT molecular complexity index is 692. The van der Waals surface area contributed by atoms with Gasteiger partial charge in [-0.1, -0.05) is 31.5 Å². The highest BCUT2D eigenvalue weighted by molar-refractivity contribution is 5.46. The summed E-state index contributed by atoms with van der Waals surface area (Å²) >= 11 is 0. The van der Waals surface area contributed by atoms with E-state index in [1.54, 1.807) is 4.90 Å². The topological polar surface area (TPSA) is 60.5 Å². The van der Waals surface area contributed by atoms with Crippen molar-refractivity contribution in [2.45, 2.75) is 51.3 Å². The van der Waals surface area contributed by atoms with Gasteiger partial charge in [0, 0.05) is 18.7 Å². The van der Waals surface area contributed by atoms with Gasteiger partial charge in [0.1, 0.15) is 6.04 Å². The fourth-order valence-corrected chi connectivity index (χ4v) is 4.42. The van der Waals surface area contributed by atoms with E-state index in [0.717, 1.165) is 70.8 Å². The van der Waals surface area contributed by atoms with Gasteiger partial charge in [0.2, 0.25) is 5.82 Å². The fourth-order valence-electron chi connectivity index (χ4n) is 4.42. The molecule has 0 unspecified atom stereocenters. The molecule has 1 aromatic heterocycles. The summed E-state index contributed by atoms with van der Waals surface area (Å²) in [6.45, 7) is 8.29. The molecule has 2 aliphatic rings. The molecule has 0 spiro atoms. The average Bonchev–Trinajstić information content (AvgIpc) is 3.40. The van der Waals surface area contributed by atoms with Crippen LogP contribution in [0.2, 0.25) is 0 Å². The first-order chi connectivity index (χ1) is 13.3. The molecule has 7 heteroatoms. The first-order valence-corrected chi connectivity index (χ1v) is 10.4. The number of ether oxygens (including phenoxy) is 1. The lowest BCUT2D eigenvalue weighted by Gasteiger charge is -2.37. The fraction of sp³-hybridized carbons (Fsp3) is 0.650. The number of quaternary nitrogens is 1. The zero-order valence-corrected chi connectivity index (χ0v) is 16.3. The van der Waals surface area contributed by atoms with E-state index in [9.17, 15) is 0 Å². The molecular formula is C20H31N6O+. The molecule has 0 aliphatic carbocycles. The van der Waals surface area contributed by atoms with E-state index in [1.165, 1.54) is 5.69 Å². The molecule has 0 amide bonds. The van der Waals surface area contributed by atoms with Gasteiger partial charge in [-0.25, -0.2) is 4.68 Å². The molecule has 146 valence electrons. The number of para-hydroxylation sites is 1. The van der Waals surface area contributed by atoms with Crippen molar-refractivity contribution in [2.75, 3.05) is 37.7 Å². The minimum atomic E-state index is 0.263. The summed E-state index contributed by atoms with van der Waals surface area (Å²) in [6, 6.07) is 11.1. The van der Waals surface area contributed by atoms with Crippen molar-refractivity contribution >= 4 is 5.69 Å². The van der Waals surface area contributed by atoms with Crippen molar-refractivity contribution in [1.82, 2.24) is 20.2 Å². The van der Waals surface area contributed by atoms with Gasteiger partial charge in [0.05, 0.1) is 38.8 Å². The summed E-state index contributed by atoms with van der Waals surface area (Å²) in [6.07, 6.45) is 4.78. The number of rotatable bonds is 7. The van der Waals surface area contributed by atoms with Gasteiger partial charge >= 0.3 is 0 Å². The quantitative estimate of drug-likeness (QED) is 0.790. The van der Waals surface area contributed by atoms with Crippen LogP contribution in [-0.4, -0.2) is 59.1 Å². The molecule has 1 N–H and O–H groups in total. The summed E-state index contributed by atoms with van der Waals surface area (Å²) in [5, 5.41) is 12.7. The molecule has 7 nitrogen and oxygen atoms in total. The lowest BCUT2D eigenvalue weighted by Crippen LogP contribution is -3.15. The van der Waals surface area contributed by atoms with E-state index < -0.39 is 0 Å². The molecule has 2 aromatic rings. The van der Waals surface area contributed by atoms with Crippen LogP contribution < -0.4 is 9.80 Å². The van der Waals surface area contributed by atoms with E-state index in [4.69, 9.17) is 4.74 Å². The Kier molecular flexibility index (Phi) is 5.99. The maximum Gasteiger partial charge on any atom is 0.209 e. The molecule has 2 saturated heterocycles. The first kappa shape index (κ1) is 18.4. The second kappa shape index (κ2) is 8.80. The van der Waals surface area contributed by atoms with E-state index in [2.05, 4.69) is 57.7 Å². The second-order valence-electron chi connectivity index (χ2n) is 7.68. The van der Waals surface area contributed by atoms with E-state index in [1.807, 2.05) is 4.68 Å². The molecule has 1 aromatic carbocycles. The van der Waals surface area contributed by atoms with Crippen LogP contribution in [0.4, 0.5) is 5.69 Å². The van der Waals surface area contributed by atoms with Crippen molar-refractivity contribution in [3.05, 3.63) is 36.2 Å². The molecule has 0 radical (unpaired) electrons. The number of nitrogens with zero attached hydrogens (tertiary/aromatic N) is 5. The average molecular weight is 372 g/mol. The van der Waals surface area contributed by atoms with Crippen LogP contribution in [0.3, 0.4) is 0 Å². The Morgan fingerprint density at radius 3 is 2.74 bits per heavy atom. The van der Waals surface area contributed by atoms with E-state index in [0.29, 0.717) is 6.04 Å². The van der Waals surface area contributed by atoms with Crippen molar-refractivity contribution in [2.24, 2.45) is 0 Å². The Balaban J connectivity index is 1.43. The highest BCUT2D eigenvalue weighted by atomic mass is 16.5. The summed E-state index contributed by atoms with van der Waals surface area (Å²) in [4.78, 5) is 4.09. The number of tetrazole rings is 1. The van der Waals surface area contributed by atoms with Gasteiger partial charge in [0.15, 0.2) is 0 Å². The van der Waals surface area contributed by atoms with Crippen LogP contribution in [0.15, 0.2) is 30.3 Å². The molecule has 27 heavy (non-hydrogen) atoms. The van der Waals surface area contributed by atoms with E-state index in [-0.39, 0.29) is 6.10 Å². The third-order valence-corrected chi connectivity index (χ3v) is 5.87. The Labute approximate surface area is 161 Å². The van der Waals surface area contributed by atoms with Crippen LogP contribution in [0.25, 0.3) is 0 Å². The van der Waals surface area contributed by atoms with Gasteiger partial charge in [-0.2, -0.15) is 0 Å². The minimum absolute atomic E-state index is 0.263. The molecular weight excluding hydrogens is 340 g/mol. The monoisotopic (exact) mass is 371 g/mol. The van der Waals surface area contributed by atoms with Gasteiger partial charge in [-0.3, -0.25) is 0 Å². The Morgan fingerprint density at radius 2 is 2.04 bits per heavy atom. The van der Waals surface area contributed by atoms with Gasteiger partial charge in [-0.15, -0.1) is 5.10 Å². The van der Waals surface area contributed by atoms with Crippen molar-refractivity contribution in [1.29, 1.82) is 0 Å². The second-order valence-corrected chi connectivity index (χ2v) is 7.68. The maximum absolute atomic E-state index is 5.80.